The molecule has 0 atom stereocenters. The second kappa shape index (κ2) is 8.76. The van der Waals surface area contributed by atoms with E-state index in [-0.39, 0.29) is 12.5 Å². The Balaban J connectivity index is 1.52. The lowest BCUT2D eigenvalue weighted by Crippen LogP contribution is -2.44. The van der Waals surface area contributed by atoms with Crippen LogP contribution in [0.15, 0.2) is 40.9 Å². The topological polar surface area (TPSA) is 44.8 Å². The number of carbonyl (C=O) groups is 1. The lowest BCUT2D eigenvalue weighted by Gasteiger charge is -2.34. The van der Waals surface area contributed by atoms with Crippen LogP contribution in [0.4, 0.5) is 11.4 Å². The first-order valence-corrected chi connectivity index (χ1v) is 9.94. The SMILES string of the molecule is Cc1cc(OCC(=O)Nc2ccc(N3CCN(C)CC3)cc2)cc(C)c1Br. The highest BCUT2D eigenvalue weighted by molar-refractivity contribution is 9.10. The van der Waals surface area contributed by atoms with Crippen molar-refractivity contribution < 1.29 is 9.53 Å². The number of anilines is 2. The van der Waals surface area contributed by atoms with Crippen LogP contribution in [0.5, 0.6) is 5.75 Å². The standard InChI is InChI=1S/C21H26BrN3O2/c1-15-12-19(13-16(2)21(15)22)27-14-20(26)23-17-4-6-18(7-5-17)25-10-8-24(3)9-11-25/h4-7,12-13H,8-11,14H2,1-3H3,(H,23,26). The molecule has 2 aromatic rings. The molecule has 0 unspecified atom stereocenters. The summed E-state index contributed by atoms with van der Waals surface area (Å²) < 4.78 is 6.71. The number of likely N-dealkylation sites (N-methyl/N-ethyl adjacent to an activating group) is 1. The van der Waals surface area contributed by atoms with Gasteiger partial charge in [-0.2, -0.15) is 0 Å². The van der Waals surface area contributed by atoms with Gasteiger partial charge in [-0.3, -0.25) is 4.79 Å². The summed E-state index contributed by atoms with van der Waals surface area (Å²) in [7, 11) is 2.15. The number of piperazine rings is 1. The normalized spacial score (nSPS) is 14.9. The third-order valence-electron chi connectivity index (χ3n) is 4.80. The van der Waals surface area contributed by atoms with Gasteiger partial charge in [0.2, 0.25) is 0 Å². The first kappa shape index (κ1) is 19.7. The monoisotopic (exact) mass is 431 g/mol. The van der Waals surface area contributed by atoms with E-state index in [2.05, 4.69) is 50.2 Å². The van der Waals surface area contributed by atoms with Crippen LogP contribution in [0, 0.1) is 13.8 Å². The van der Waals surface area contributed by atoms with Crippen LogP contribution in [0.2, 0.25) is 0 Å². The van der Waals surface area contributed by atoms with E-state index in [9.17, 15) is 4.79 Å². The van der Waals surface area contributed by atoms with Gasteiger partial charge in [0.25, 0.3) is 5.91 Å². The van der Waals surface area contributed by atoms with Crippen molar-refractivity contribution in [2.24, 2.45) is 0 Å². The van der Waals surface area contributed by atoms with Crippen molar-refractivity contribution >= 4 is 33.2 Å². The van der Waals surface area contributed by atoms with E-state index in [0.29, 0.717) is 5.75 Å². The molecule has 1 heterocycles. The van der Waals surface area contributed by atoms with E-state index >= 15 is 0 Å². The maximum atomic E-state index is 12.2. The minimum atomic E-state index is -0.166. The van der Waals surface area contributed by atoms with Gasteiger partial charge < -0.3 is 19.9 Å². The summed E-state index contributed by atoms with van der Waals surface area (Å²) in [5, 5.41) is 2.89. The smallest absolute Gasteiger partial charge is 0.262 e. The minimum Gasteiger partial charge on any atom is -0.484 e. The number of amides is 1. The molecule has 3 rings (SSSR count). The van der Waals surface area contributed by atoms with Gasteiger partial charge in [0.1, 0.15) is 5.75 Å². The summed E-state index contributed by atoms with van der Waals surface area (Å²) in [6.45, 7) is 8.21. The number of halogens is 1. The second-order valence-electron chi connectivity index (χ2n) is 7.05. The molecule has 1 N–H and O–H groups in total. The lowest BCUT2D eigenvalue weighted by molar-refractivity contribution is -0.118. The van der Waals surface area contributed by atoms with Crippen molar-refractivity contribution in [3.63, 3.8) is 0 Å². The van der Waals surface area contributed by atoms with Crippen molar-refractivity contribution in [1.29, 1.82) is 0 Å². The highest BCUT2D eigenvalue weighted by Crippen LogP contribution is 2.26. The number of aryl methyl sites for hydroxylation is 2. The number of rotatable bonds is 5. The van der Waals surface area contributed by atoms with Crippen LogP contribution in [0.3, 0.4) is 0 Å². The fourth-order valence-corrected chi connectivity index (χ4v) is 3.38. The molecule has 0 aliphatic carbocycles. The fraction of sp³-hybridized carbons (Fsp3) is 0.381. The zero-order valence-electron chi connectivity index (χ0n) is 16.1. The van der Waals surface area contributed by atoms with Crippen LogP contribution in [-0.4, -0.2) is 50.6 Å². The molecule has 1 aliphatic rings. The molecule has 0 spiro atoms. The zero-order chi connectivity index (χ0) is 19.4. The Hall–Kier alpha value is -2.05. The summed E-state index contributed by atoms with van der Waals surface area (Å²) in [6.07, 6.45) is 0. The molecule has 1 saturated heterocycles. The Morgan fingerprint density at radius 3 is 2.26 bits per heavy atom. The van der Waals surface area contributed by atoms with E-state index in [0.717, 1.165) is 47.5 Å². The van der Waals surface area contributed by atoms with Crippen LogP contribution in [-0.2, 0) is 4.79 Å². The average Bonchev–Trinajstić information content (AvgIpc) is 2.65. The highest BCUT2D eigenvalue weighted by Gasteiger charge is 2.14. The molecule has 5 nitrogen and oxygen atoms in total. The molecule has 6 heteroatoms. The summed E-state index contributed by atoms with van der Waals surface area (Å²) in [5.41, 5.74) is 4.15. The number of nitrogens with one attached hydrogen (secondary N) is 1. The molecular formula is C21H26BrN3O2. The third-order valence-corrected chi connectivity index (χ3v) is 6.05. The van der Waals surface area contributed by atoms with Crippen LogP contribution in [0.25, 0.3) is 0 Å². The quantitative estimate of drug-likeness (QED) is 0.780. The molecule has 0 bridgehead atoms. The van der Waals surface area contributed by atoms with Crippen molar-refractivity contribution in [3.05, 3.63) is 52.0 Å². The summed E-state index contributed by atoms with van der Waals surface area (Å²) in [5.74, 6) is 0.536. The number of nitrogens with zero attached hydrogens (tertiary/aromatic N) is 2. The molecular weight excluding hydrogens is 406 g/mol. The Kier molecular flexibility index (Phi) is 6.39. The number of benzene rings is 2. The highest BCUT2D eigenvalue weighted by atomic mass is 79.9. The minimum absolute atomic E-state index is 0.0132. The average molecular weight is 432 g/mol. The van der Waals surface area contributed by atoms with Gasteiger partial charge in [0, 0.05) is 42.0 Å². The molecule has 144 valence electrons. The number of carbonyl (C=O) groups excluding carboxylic acids is 1. The first-order valence-electron chi connectivity index (χ1n) is 9.15. The molecule has 0 saturated carbocycles. The van der Waals surface area contributed by atoms with Gasteiger partial charge in [-0.15, -0.1) is 0 Å². The molecule has 1 aliphatic heterocycles. The molecule has 2 aromatic carbocycles. The van der Waals surface area contributed by atoms with E-state index in [4.69, 9.17) is 4.74 Å². The maximum absolute atomic E-state index is 12.2. The van der Waals surface area contributed by atoms with Gasteiger partial charge in [-0.05, 0) is 68.4 Å². The van der Waals surface area contributed by atoms with Gasteiger partial charge in [-0.1, -0.05) is 15.9 Å². The van der Waals surface area contributed by atoms with E-state index in [1.54, 1.807) is 0 Å². The van der Waals surface area contributed by atoms with Crippen molar-refractivity contribution in [2.75, 3.05) is 50.1 Å². The molecule has 1 fully saturated rings. The van der Waals surface area contributed by atoms with E-state index < -0.39 is 0 Å². The Labute approximate surface area is 169 Å². The summed E-state index contributed by atoms with van der Waals surface area (Å²) >= 11 is 3.53. The van der Waals surface area contributed by atoms with Gasteiger partial charge in [0.05, 0.1) is 0 Å². The predicted molar refractivity (Wildman–Crippen MR) is 114 cm³/mol. The number of ether oxygens (including phenoxy) is 1. The fourth-order valence-electron chi connectivity index (χ4n) is 3.16. The molecule has 27 heavy (non-hydrogen) atoms. The number of hydrogen-bond donors (Lipinski definition) is 1. The van der Waals surface area contributed by atoms with Gasteiger partial charge in [-0.25, -0.2) is 0 Å². The van der Waals surface area contributed by atoms with E-state index in [1.165, 1.54) is 5.69 Å². The molecule has 1 amide bonds. The second-order valence-corrected chi connectivity index (χ2v) is 7.84. The van der Waals surface area contributed by atoms with Crippen molar-refractivity contribution in [1.82, 2.24) is 4.90 Å². The Morgan fingerprint density at radius 1 is 1.07 bits per heavy atom. The first-order chi connectivity index (χ1) is 12.9. The molecule has 0 radical (unpaired) electrons. The number of hydrogen-bond acceptors (Lipinski definition) is 4. The lowest BCUT2D eigenvalue weighted by atomic mass is 10.1. The predicted octanol–water partition coefficient (Wildman–Crippen LogP) is 3.84. The van der Waals surface area contributed by atoms with Crippen LogP contribution in [0.1, 0.15) is 11.1 Å². The van der Waals surface area contributed by atoms with Crippen molar-refractivity contribution in [2.45, 2.75) is 13.8 Å². The summed E-state index contributed by atoms with van der Waals surface area (Å²) in [4.78, 5) is 16.9. The molecule has 0 aromatic heterocycles. The van der Waals surface area contributed by atoms with Crippen LogP contribution < -0.4 is 15.0 Å². The Morgan fingerprint density at radius 2 is 1.67 bits per heavy atom. The van der Waals surface area contributed by atoms with Crippen LogP contribution >= 0.6 is 15.9 Å². The van der Waals surface area contributed by atoms with Crippen molar-refractivity contribution in [3.8, 4) is 5.75 Å². The summed E-state index contributed by atoms with van der Waals surface area (Å²) in [6, 6.07) is 11.9. The zero-order valence-corrected chi connectivity index (χ0v) is 17.7. The third kappa shape index (κ3) is 5.23. The van der Waals surface area contributed by atoms with E-state index in [1.807, 2.05) is 38.1 Å². The Bertz CT molecular complexity index is 777. The maximum Gasteiger partial charge on any atom is 0.262 e. The van der Waals surface area contributed by atoms with Gasteiger partial charge in [0.15, 0.2) is 6.61 Å². The van der Waals surface area contributed by atoms with Gasteiger partial charge >= 0.3 is 0 Å². The largest absolute Gasteiger partial charge is 0.484 e.